The van der Waals surface area contributed by atoms with Gasteiger partial charge in [-0.25, -0.2) is 0 Å². The van der Waals surface area contributed by atoms with Crippen molar-refractivity contribution < 1.29 is 14.3 Å². The van der Waals surface area contributed by atoms with Crippen molar-refractivity contribution in [3.63, 3.8) is 0 Å². The Hall–Kier alpha value is -1.99. The summed E-state index contributed by atoms with van der Waals surface area (Å²) in [5, 5.41) is 12.7. The van der Waals surface area contributed by atoms with Crippen LogP contribution >= 0.6 is 11.3 Å². The van der Waals surface area contributed by atoms with Crippen molar-refractivity contribution in [1.82, 2.24) is 15.5 Å². The van der Waals surface area contributed by atoms with Gasteiger partial charge >= 0.3 is 0 Å². The number of amides is 1. The third-order valence-electron chi connectivity index (χ3n) is 3.53. The first-order chi connectivity index (χ1) is 11.3. The SMILES string of the molecule is CCOCc1nnc(COc2ccc3c(c2)CCCNC3=O)s1. The molecule has 1 aliphatic heterocycles. The van der Waals surface area contributed by atoms with E-state index in [4.69, 9.17) is 9.47 Å². The third kappa shape index (κ3) is 4.05. The largest absolute Gasteiger partial charge is 0.486 e. The first-order valence-corrected chi connectivity index (χ1v) is 8.51. The van der Waals surface area contributed by atoms with Crippen molar-refractivity contribution in [1.29, 1.82) is 0 Å². The average molecular weight is 333 g/mol. The molecule has 0 bridgehead atoms. The number of hydrogen-bond acceptors (Lipinski definition) is 6. The molecule has 1 amide bonds. The van der Waals surface area contributed by atoms with E-state index in [1.54, 1.807) is 0 Å². The Morgan fingerprint density at radius 2 is 2.09 bits per heavy atom. The second-order valence-electron chi connectivity index (χ2n) is 5.19. The van der Waals surface area contributed by atoms with E-state index in [0.29, 0.717) is 19.8 Å². The normalized spacial score (nSPS) is 14.0. The van der Waals surface area contributed by atoms with E-state index in [0.717, 1.165) is 46.3 Å². The van der Waals surface area contributed by atoms with E-state index in [-0.39, 0.29) is 5.91 Å². The second kappa shape index (κ2) is 7.52. The fourth-order valence-electron chi connectivity index (χ4n) is 2.40. The van der Waals surface area contributed by atoms with Crippen molar-refractivity contribution in [2.75, 3.05) is 13.2 Å². The zero-order chi connectivity index (χ0) is 16.1. The number of ether oxygens (including phenoxy) is 2. The highest BCUT2D eigenvalue weighted by Gasteiger charge is 2.15. The summed E-state index contributed by atoms with van der Waals surface area (Å²) in [6, 6.07) is 5.60. The highest BCUT2D eigenvalue weighted by atomic mass is 32.1. The Morgan fingerprint density at radius 3 is 2.91 bits per heavy atom. The molecule has 0 radical (unpaired) electrons. The summed E-state index contributed by atoms with van der Waals surface area (Å²) in [7, 11) is 0. The van der Waals surface area contributed by atoms with Crippen molar-refractivity contribution >= 4 is 17.2 Å². The van der Waals surface area contributed by atoms with E-state index < -0.39 is 0 Å². The molecule has 0 aliphatic carbocycles. The minimum absolute atomic E-state index is 0.00580. The number of carbonyl (C=O) groups is 1. The summed E-state index contributed by atoms with van der Waals surface area (Å²) < 4.78 is 11.1. The summed E-state index contributed by atoms with van der Waals surface area (Å²) in [5.74, 6) is 0.744. The lowest BCUT2D eigenvalue weighted by Gasteiger charge is -2.08. The number of aromatic nitrogens is 2. The maximum absolute atomic E-state index is 11.9. The molecule has 3 rings (SSSR count). The molecule has 0 unspecified atom stereocenters. The van der Waals surface area contributed by atoms with Crippen LogP contribution in [0.2, 0.25) is 0 Å². The van der Waals surface area contributed by atoms with Crippen LogP contribution < -0.4 is 10.1 Å². The number of nitrogens with one attached hydrogen (secondary N) is 1. The zero-order valence-electron chi connectivity index (χ0n) is 13.0. The van der Waals surface area contributed by atoms with Gasteiger partial charge in [0.25, 0.3) is 5.91 Å². The first kappa shape index (κ1) is 15.9. The van der Waals surface area contributed by atoms with Gasteiger partial charge in [0, 0.05) is 18.7 Å². The lowest BCUT2D eigenvalue weighted by atomic mass is 10.0. The van der Waals surface area contributed by atoms with E-state index in [1.807, 2.05) is 25.1 Å². The van der Waals surface area contributed by atoms with Crippen molar-refractivity contribution in [2.45, 2.75) is 33.0 Å². The molecule has 7 heteroatoms. The molecule has 1 aromatic heterocycles. The molecule has 0 spiro atoms. The van der Waals surface area contributed by atoms with Gasteiger partial charge in [-0.2, -0.15) is 0 Å². The Labute approximate surface area is 138 Å². The standard InChI is InChI=1S/C16H19N3O3S/c1-2-21-9-14-18-19-15(23-14)10-22-12-5-6-13-11(8-12)4-3-7-17-16(13)20/h5-6,8H,2-4,7,9-10H2,1H3,(H,17,20). The average Bonchev–Trinajstić information content (AvgIpc) is 2.94. The number of nitrogens with zero attached hydrogens (tertiary/aromatic N) is 2. The van der Waals surface area contributed by atoms with Gasteiger partial charge in [0.1, 0.15) is 24.0 Å². The Bertz CT molecular complexity index is 687. The Morgan fingerprint density at radius 1 is 1.26 bits per heavy atom. The van der Waals surface area contributed by atoms with Gasteiger partial charge in [0.2, 0.25) is 0 Å². The van der Waals surface area contributed by atoms with Gasteiger partial charge < -0.3 is 14.8 Å². The first-order valence-electron chi connectivity index (χ1n) is 7.69. The topological polar surface area (TPSA) is 73.3 Å². The third-order valence-corrected chi connectivity index (χ3v) is 4.40. The van der Waals surface area contributed by atoms with Crippen LogP contribution in [0.25, 0.3) is 0 Å². The smallest absolute Gasteiger partial charge is 0.251 e. The van der Waals surface area contributed by atoms with Crippen LogP contribution in [0.5, 0.6) is 5.75 Å². The van der Waals surface area contributed by atoms with E-state index in [1.165, 1.54) is 11.3 Å². The molecule has 1 aromatic carbocycles. The van der Waals surface area contributed by atoms with E-state index in [9.17, 15) is 4.79 Å². The molecular formula is C16H19N3O3S. The maximum Gasteiger partial charge on any atom is 0.251 e. The van der Waals surface area contributed by atoms with Crippen LogP contribution in [0.1, 0.15) is 39.3 Å². The van der Waals surface area contributed by atoms with Gasteiger partial charge in [-0.05, 0) is 43.5 Å². The summed E-state index contributed by atoms with van der Waals surface area (Å²) in [6.07, 6.45) is 1.82. The summed E-state index contributed by atoms with van der Waals surface area (Å²) in [6.45, 7) is 4.19. The van der Waals surface area contributed by atoms with Crippen LogP contribution in [-0.2, 0) is 24.4 Å². The van der Waals surface area contributed by atoms with Gasteiger partial charge in [-0.3, -0.25) is 4.79 Å². The van der Waals surface area contributed by atoms with Crippen LogP contribution in [-0.4, -0.2) is 29.3 Å². The predicted octanol–water partition coefficient (Wildman–Crippen LogP) is 2.33. The second-order valence-corrected chi connectivity index (χ2v) is 6.34. The lowest BCUT2D eigenvalue weighted by molar-refractivity contribution is 0.0956. The number of benzene rings is 1. The summed E-state index contributed by atoms with van der Waals surface area (Å²) in [4.78, 5) is 11.9. The van der Waals surface area contributed by atoms with Crippen LogP contribution in [0.3, 0.4) is 0 Å². The minimum atomic E-state index is -0.00580. The molecule has 2 aromatic rings. The highest BCUT2D eigenvalue weighted by Crippen LogP contribution is 2.22. The molecular weight excluding hydrogens is 314 g/mol. The molecule has 0 saturated heterocycles. The molecule has 2 heterocycles. The van der Waals surface area contributed by atoms with Crippen molar-refractivity contribution in [2.24, 2.45) is 0 Å². The van der Waals surface area contributed by atoms with Gasteiger partial charge in [-0.15, -0.1) is 10.2 Å². The molecule has 0 saturated carbocycles. The fourth-order valence-corrected chi connectivity index (χ4v) is 3.10. The number of rotatable bonds is 6. The van der Waals surface area contributed by atoms with Gasteiger partial charge in [0.05, 0.1) is 0 Å². The predicted molar refractivity (Wildman–Crippen MR) is 86.7 cm³/mol. The highest BCUT2D eigenvalue weighted by molar-refractivity contribution is 7.11. The lowest BCUT2D eigenvalue weighted by Crippen LogP contribution is -2.22. The minimum Gasteiger partial charge on any atom is -0.486 e. The zero-order valence-corrected chi connectivity index (χ0v) is 13.8. The molecule has 0 fully saturated rings. The molecule has 1 N–H and O–H groups in total. The van der Waals surface area contributed by atoms with Crippen LogP contribution in [0.4, 0.5) is 0 Å². The summed E-state index contributed by atoms with van der Waals surface area (Å²) >= 11 is 1.49. The van der Waals surface area contributed by atoms with Gasteiger partial charge in [0.15, 0.2) is 5.01 Å². The van der Waals surface area contributed by atoms with E-state index in [2.05, 4.69) is 15.5 Å². The number of hydrogen-bond donors (Lipinski definition) is 1. The van der Waals surface area contributed by atoms with Crippen LogP contribution in [0, 0.1) is 0 Å². The Balaban J connectivity index is 1.63. The fraction of sp³-hybridized carbons (Fsp3) is 0.438. The summed E-state index contributed by atoms with van der Waals surface area (Å²) in [5.41, 5.74) is 1.77. The van der Waals surface area contributed by atoms with Crippen molar-refractivity contribution in [3.8, 4) is 5.75 Å². The molecule has 1 aliphatic rings. The van der Waals surface area contributed by atoms with E-state index >= 15 is 0 Å². The molecule has 122 valence electrons. The van der Waals surface area contributed by atoms with Crippen molar-refractivity contribution in [3.05, 3.63) is 39.3 Å². The number of aryl methyl sites for hydroxylation is 1. The molecule has 23 heavy (non-hydrogen) atoms. The molecule has 0 atom stereocenters. The van der Waals surface area contributed by atoms with Gasteiger partial charge in [-0.1, -0.05) is 11.3 Å². The quantitative estimate of drug-likeness (QED) is 0.878. The Kier molecular flexibility index (Phi) is 5.19. The molecule has 6 nitrogen and oxygen atoms in total. The number of carbonyl (C=O) groups excluding carboxylic acids is 1. The van der Waals surface area contributed by atoms with Crippen LogP contribution in [0.15, 0.2) is 18.2 Å². The number of fused-ring (bicyclic) bond motifs is 1. The monoisotopic (exact) mass is 333 g/mol. The maximum atomic E-state index is 11.9.